The predicted molar refractivity (Wildman–Crippen MR) is 96.5 cm³/mol. The highest BCUT2D eigenvalue weighted by atomic mass is 79.9. The molecule has 1 aromatic carbocycles. The first-order valence-electron chi connectivity index (χ1n) is 7.29. The summed E-state index contributed by atoms with van der Waals surface area (Å²) in [6, 6.07) is 6.62. The smallest absolute Gasteiger partial charge is 0.340 e. The van der Waals surface area contributed by atoms with Crippen LogP contribution in [0.1, 0.15) is 28.5 Å². The fraction of sp³-hybridized carbons (Fsp3) is 0.176. The van der Waals surface area contributed by atoms with Crippen LogP contribution >= 0.6 is 15.9 Å². The maximum absolute atomic E-state index is 12.1. The Kier molecular flexibility index (Phi) is 6.24. The van der Waals surface area contributed by atoms with Gasteiger partial charge in [-0.2, -0.15) is 0 Å². The summed E-state index contributed by atoms with van der Waals surface area (Å²) < 4.78 is 11.1. The Morgan fingerprint density at radius 1 is 1.36 bits per heavy atom. The van der Waals surface area contributed by atoms with E-state index in [1.807, 2.05) is 12.1 Å². The van der Waals surface area contributed by atoms with Crippen LogP contribution in [0.25, 0.3) is 12.2 Å². The SMILES string of the molecule is CCOC(=O)c1cc([N+](=O)[O-])cnc1/C=C/c1cc(Br)ccc1OC. The van der Waals surface area contributed by atoms with E-state index in [0.717, 1.165) is 22.3 Å². The molecule has 0 aliphatic carbocycles. The van der Waals surface area contributed by atoms with E-state index in [9.17, 15) is 14.9 Å². The number of nitro groups is 1. The van der Waals surface area contributed by atoms with Gasteiger partial charge in [-0.05, 0) is 37.3 Å². The Morgan fingerprint density at radius 2 is 2.12 bits per heavy atom. The Balaban J connectivity index is 2.46. The molecule has 1 aromatic heterocycles. The molecule has 0 unspecified atom stereocenters. The summed E-state index contributed by atoms with van der Waals surface area (Å²) in [4.78, 5) is 26.4. The number of carbonyl (C=O) groups excluding carboxylic acids is 1. The molecular formula is C17H15BrN2O5. The summed E-state index contributed by atoms with van der Waals surface area (Å²) in [5, 5.41) is 10.9. The number of ether oxygens (including phenoxy) is 2. The molecule has 0 atom stereocenters. The Bertz CT molecular complexity index is 836. The number of benzene rings is 1. The van der Waals surface area contributed by atoms with Crippen LogP contribution in [0.4, 0.5) is 5.69 Å². The van der Waals surface area contributed by atoms with E-state index in [2.05, 4.69) is 20.9 Å². The van der Waals surface area contributed by atoms with Crippen molar-refractivity contribution in [3.05, 3.63) is 61.9 Å². The summed E-state index contributed by atoms with van der Waals surface area (Å²) in [5.41, 5.74) is 0.777. The van der Waals surface area contributed by atoms with Crippen LogP contribution in [0.3, 0.4) is 0 Å². The van der Waals surface area contributed by atoms with Crippen molar-refractivity contribution >= 4 is 39.7 Å². The van der Waals surface area contributed by atoms with E-state index in [0.29, 0.717) is 5.75 Å². The number of carbonyl (C=O) groups is 1. The second kappa shape index (κ2) is 8.39. The number of hydrogen-bond acceptors (Lipinski definition) is 6. The molecule has 0 fully saturated rings. The molecular weight excluding hydrogens is 392 g/mol. The first-order valence-corrected chi connectivity index (χ1v) is 8.08. The highest BCUT2D eigenvalue weighted by Gasteiger charge is 2.18. The average Bonchev–Trinajstić information content (AvgIpc) is 2.60. The van der Waals surface area contributed by atoms with E-state index < -0.39 is 10.9 Å². The predicted octanol–water partition coefficient (Wildman–Crippen LogP) is 4.11. The molecule has 0 saturated carbocycles. The zero-order valence-electron chi connectivity index (χ0n) is 13.6. The van der Waals surface area contributed by atoms with E-state index in [1.165, 1.54) is 0 Å². The fourth-order valence-corrected chi connectivity index (χ4v) is 2.45. The minimum absolute atomic E-state index is 0.0289. The second-order valence-electron chi connectivity index (χ2n) is 4.82. The van der Waals surface area contributed by atoms with Crippen molar-refractivity contribution in [1.82, 2.24) is 4.98 Å². The molecule has 0 bridgehead atoms. The van der Waals surface area contributed by atoms with Crippen molar-refractivity contribution in [3.63, 3.8) is 0 Å². The average molecular weight is 407 g/mol. The van der Waals surface area contributed by atoms with Crippen LogP contribution in [-0.4, -0.2) is 29.6 Å². The number of halogens is 1. The second-order valence-corrected chi connectivity index (χ2v) is 5.74. The molecule has 130 valence electrons. The van der Waals surface area contributed by atoms with Crippen molar-refractivity contribution in [2.75, 3.05) is 13.7 Å². The fourth-order valence-electron chi connectivity index (χ4n) is 2.07. The molecule has 1 heterocycles. The normalized spacial score (nSPS) is 10.7. The van der Waals surface area contributed by atoms with Crippen LogP contribution < -0.4 is 4.74 Å². The number of esters is 1. The standard InChI is InChI=1S/C17H15BrN2O5/c1-3-25-17(21)14-9-13(20(22)23)10-19-15(14)6-4-11-8-12(18)5-7-16(11)24-2/h4-10H,3H2,1-2H3/b6-4+. The van der Waals surface area contributed by atoms with Gasteiger partial charge >= 0.3 is 5.97 Å². The maximum Gasteiger partial charge on any atom is 0.340 e. The molecule has 0 amide bonds. The molecule has 0 aliphatic heterocycles. The van der Waals surface area contributed by atoms with Crippen molar-refractivity contribution in [2.45, 2.75) is 6.92 Å². The minimum atomic E-state index is -0.667. The Morgan fingerprint density at radius 3 is 2.76 bits per heavy atom. The number of hydrogen-bond donors (Lipinski definition) is 0. The van der Waals surface area contributed by atoms with Crippen LogP contribution in [0.5, 0.6) is 5.75 Å². The Labute approximate surface area is 152 Å². The third kappa shape index (κ3) is 4.63. The molecule has 2 rings (SSSR count). The van der Waals surface area contributed by atoms with Crippen LogP contribution in [0.15, 0.2) is 34.9 Å². The number of nitrogens with zero attached hydrogens (tertiary/aromatic N) is 2. The third-order valence-corrected chi connectivity index (χ3v) is 3.72. The quantitative estimate of drug-likeness (QED) is 0.407. The lowest BCUT2D eigenvalue weighted by Crippen LogP contribution is -2.08. The highest BCUT2D eigenvalue weighted by Crippen LogP contribution is 2.25. The first kappa shape index (κ1) is 18.6. The minimum Gasteiger partial charge on any atom is -0.496 e. The van der Waals surface area contributed by atoms with Gasteiger partial charge in [0.15, 0.2) is 0 Å². The summed E-state index contributed by atoms with van der Waals surface area (Å²) in [6.07, 6.45) is 4.39. The first-order chi connectivity index (χ1) is 12.0. The van der Waals surface area contributed by atoms with Gasteiger partial charge < -0.3 is 9.47 Å². The lowest BCUT2D eigenvalue weighted by atomic mass is 10.1. The van der Waals surface area contributed by atoms with E-state index in [1.54, 1.807) is 32.3 Å². The van der Waals surface area contributed by atoms with Gasteiger partial charge in [0.05, 0.1) is 29.9 Å². The lowest BCUT2D eigenvalue weighted by Gasteiger charge is -2.07. The van der Waals surface area contributed by atoms with Crippen LogP contribution in [-0.2, 0) is 4.74 Å². The number of rotatable bonds is 6. The molecule has 0 N–H and O–H groups in total. The topological polar surface area (TPSA) is 91.6 Å². The number of methoxy groups -OCH3 is 1. The molecule has 2 aromatic rings. The van der Waals surface area contributed by atoms with Crippen LogP contribution in [0, 0.1) is 10.1 Å². The van der Waals surface area contributed by atoms with Gasteiger partial charge in [-0.3, -0.25) is 10.1 Å². The highest BCUT2D eigenvalue weighted by molar-refractivity contribution is 9.10. The van der Waals surface area contributed by atoms with Crippen LogP contribution in [0.2, 0.25) is 0 Å². The Hall–Kier alpha value is -2.74. The molecule has 0 radical (unpaired) electrons. The number of pyridine rings is 1. The van der Waals surface area contributed by atoms with Crippen molar-refractivity contribution < 1.29 is 19.2 Å². The lowest BCUT2D eigenvalue weighted by molar-refractivity contribution is -0.385. The van der Waals surface area contributed by atoms with Gasteiger partial charge in [-0.1, -0.05) is 15.9 Å². The summed E-state index contributed by atoms with van der Waals surface area (Å²) in [6.45, 7) is 1.81. The molecule has 0 saturated heterocycles. The molecule has 8 heteroatoms. The number of aromatic nitrogens is 1. The van der Waals surface area contributed by atoms with E-state index in [-0.39, 0.29) is 23.6 Å². The third-order valence-electron chi connectivity index (χ3n) is 3.22. The molecule has 7 nitrogen and oxygen atoms in total. The summed E-state index contributed by atoms with van der Waals surface area (Å²) >= 11 is 3.38. The van der Waals surface area contributed by atoms with E-state index in [4.69, 9.17) is 9.47 Å². The summed E-state index contributed by atoms with van der Waals surface area (Å²) in [7, 11) is 1.55. The van der Waals surface area contributed by atoms with Gasteiger partial charge in [0.1, 0.15) is 11.9 Å². The molecule has 0 aliphatic rings. The zero-order chi connectivity index (χ0) is 18.4. The van der Waals surface area contributed by atoms with Crippen molar-refractivity contribution in [2.24, 2.45) is 0 Å². The largest absolute Gasteiger partial charge is 0.496 e. The summed E-state index contributed by atoms with van der Waals surface area (Å²) in [5.74, 6) is -0.0291. The van der Waals surface area contributed by atoms with Gasteiger partial charge in [-0.15, -0.1) is 0 Å². The van der Waals surface area contributed by atoms with Gasteiger partial charge in [0.25, 0.3) is 5.69 Å². The zero-order valence-corrected chi connectivity index (χ0v) is 15.1. The van der Waals surface area contributed by atoms with Gasteiger partial charge in [0, 0.05) is 16.1 Å². The van der Waals surface area contributed by atoms with Gasteiger partial charge in [-0.25, -0.2) is 9.78 Å². The maximum atomic E-state index is 12.1. The van der Waals surface area contributed by atoms with Crippen molar-refractivity contribution in [1.29, 1.82) is 0 Å². The van der Waals surface area contributed by atoms with E-state index >= 15 is 0 Å². The van der Waals surface area contributed by atoms with Gasteiger partial charge in [0.2, 0.25) is 0 Å². The molecule has 0 spiro atoms. The van der Waals surface area contributed by atoms with Crippen molar-refractivity contribution in [3.8, 4) is 5.75 Å². The monoisotopic (exact) mass is 406 g/mol. The molecule has 25 heavy (non-hydrogen) atoms.